The summed E-state index contributed by atoms with van der Waals surface area (Å²) in [5.41, 5.74) is 7.81. The van der Waals surface area contributed by atoms with Gasteiger partial charge in [0.25, 0.3) is 0 Å². The van der Waals surface area contributed by atoms with Crippen molar-refractivity contribution in [1.82, 2.24) is 0 Å². The number of aryl methyl sites for hydroxylation is 1. The lowest BCUT2D eigenvalue weighted by Gasteiger charge is -2.14. The Morgan fingerprint density at radius 2 is 1.85 bits per heavy atom. The maximum Gasteiger partial charge on any atom is 0.169 e. The van der Waals surface area contributed by atoms with Gasteiger partial charge in [-0.3, -0.25) is 0 Å². The summed E-state index contributed by atoms with van der Waals surface area (Å²) in [5, 5.41) is 0.612. The molecule has 0 saturated heterocycles. The van der Waals surface area contributed by atoms with Crippen LogP contribution in [0.2, 0.25) is 5.02 Å². The average molecular weight is 292 g/mol. The number of methoxy groups -OCH3 is 1. The highest BCUT2D eigenvalue weighted by atomic mass is 35.5. The van der Waals surface area contributed by atoms with Crippen LogP contribution >= 0.6 is 11.6 Å². The van der Waals surface area contributed by atoms with Gasteiger partial charge in [-0.25, -0.2) is 0 Å². The van der Waals surface area contributed by atoms with Crippen LogP contribution in [0.25, 0.3) is 0 Å². The molecule has 2 aromatic rings. The maximum atomic E-state index is 6.01. The highest BCUT2D eigenvalue weighted by Gasteiger charge is 2.10. The van der Waals surface area contributed by atoms with Crippen LogP contribution in [0.5, 0.6) is 17.2 Å². The summed E-state index contributed by atoms with van der Waals surface area (Å²) in [6, 6.07) is 11.3. The molecule has 0 saturated carbocycles. The lowest BCUT2D eigenvalue weighted by molar-refractivity contribution is 0.377. The minimum Gasteiger partial charge on any atom is -0.493 e. The monoisotopic (exact) mass is 291 g/mol. The standard InChI is InChI=1S/C16H18ClNO2/c1-3-11-4-7-14(16(8-11)19-2)20-15-9-13(17)6-5-12(15)10-18/h4-9H,3,10,18H2,1-2H3. The first-order chi connectivity index (χ1) is 9.67. The van der Waals surface area contributed by atoms with Gasteiger partial charge in [-0.05, 0) is 36.2 Å². The topological polar surface area (TPSA) is 44.5 Å². The molecule has 0 fully saturated rings. The second-order valence-corrected chi connectivity index (χ2v) is 4.83. The number of ether oxygens (including phenoxy) is 2. The van der Waals surface area contributed by atoms with Crippen LogP contribution in [0.4, 0.5) is 0 Å². The van der Waals surface area contributed by atoms with E-state index >= 15 is 0 Å². The summed E-state index contributed by atoms with van der Waals surface area (Å²) in [4.78, 5) is 0. The molecule has 2 rings (SSSR count). The Morgan fingerprint density at radius 1 is 1.05 bits per heavy atom. The Labute approximate surface area is 124 Å². The Hall–Kier alpha value is -1.71. The predicted octanol–water partition coefficient (Wildman–Crippen LogP) is 4.16. The van der Waals surface area contributed by atoms with Crippen molar-refractivity contribution in [2.24, 2.45) is 5.73 Å². The van der Waals surface area contributed by atoms with Gasteiger partial charge in [0, 0.05) is 17.1 Å². The van der Waals surface area contributed by atoms with Gasteiger partial charge in [0.05, 0.1) is 7.11 Å². The number of hydrogen-bond donors (Lipinski definition) is 1. The third kappa shape index (κ3) is 3.24. The quantitative estimate of drug-likeness (QED) is 0.899. The summed E-state index contributed by atoms with van der Waals surface area (Å²) in [6.45, 7) is 2.49. The molecule has 0 heterocycles. The third-order valence-corrected chi connectivity index (χ3v) is 3.34. The number of benzene rings is 2. The van der Waals surface area contributed by atoms with Crippen molar-refractivity contribution < 1.29 is 9.47 Å². The molecule has 0 aromatic heterocycles. The van der Waals surface area contributed by atoms with E-state index in [0.717, 1.165) is 12.0 Å². The van der Waals surface area contributed by atoms with E-state index in [1.807, 2.05) is 24.3 Å². The summed E-state index contributed by atoms with van der Waals surface area (Å²) in [7, 11) is 1.63. The molecular weight excluding hydrogens is 274 g/mol. The van der Waals surface area contributed by atoms with E-state index < -0.39 is 0 Å². The van der Waals surface area contributed by atoms with Crippen LogP contribution < -0.4 is 15.2 Å². The van der Waals surface area contributed by atoms with Crippen molar-refractivity contribution in [3.05, 3.63) is 52.5 Å². The van der Waals surface area contributed by atoms with Gasteiger partial charge >= 0.3 is 0 Å². The second-order valence-electron chi connectivity index (χ2n) is 4.40. The molecule has 2 aromatic carbocycles. The van der Waals surface area contributed by atoms with Crippen LogP contribution in [0.1, 0.15) is 18.1 Å². The molecular formula is C16H18ClNO2. The fourth-order valence-corrected chi connectivity index (χ4v) is 2.09. The van der Waals surface area contributed by atoms with Crippen LogP contribution in [0, 0.1) is 0 Å². The van der Waals surface area contributed by atoms with Gasteiger partial charge in [0.2, 0.25) is 0 Å². The van der Waals surface area contributed by atoms with Gasteiger partial charge in [0.15, 0.2) is 11.5 Å². The van der Waals surface area contributed by atoms with Crippen LogP contribution in [0.15, 0.2) is 36.4 Å². The van der Waals surface area contributed by atoms with E-state index in [4.69, 9.17) is 26.8 Å². The summed E-state index contributed by atoms with van der Waals surface area (Å²) < 4.78 is 11.3. The number of halogens is 1. The first kappa shape index (κ1) is 14.7. The van der Waals surface area contributed by atoms with Crippen LogP contribution in [0.3, 0.4) is 0 Å². The lowest BCUT2D eigenvalue weighted by Crippen LogP contribution is -2.00. The Kier molecular flexibility index (Phi) is 4.88. The summed E-state index contributed by atoms with van der Waals surface area (Å²) >= 11 is 6.01. The normalized spacial score (nSPS) is 10.4. The highest BCUT2D eigenvalue weighted by molar-refractivity contribution is 6.30. The van der Waals surface area contributed by atoms with Crippen molar-refractivity contribution in [3.8, 4) is 17.2 Å². The lowest BCUT2D eigenvalue weighted by atomic mass is 10.1. The number of nitrogens with two attached hydrogens (primary N) is 1. The first-order valence-electron chi connectivity index (χ1n) is 6.51. The fraction of sp³-hybridized carbons (Fsp3) is 0.250. The van der Waals surface area contributed by atoms with E-state index in [-0.39, 0.29) is 0 Å². The third-order valence-electron chi connectivity index (χ3n) is 3.11. The molecule has 0 atom stereocenters. The molecule has 0 aliphatic carbocycles. The smallest absolute Gasteiger partial charge is 0.169 e. The van der Waals surface area contributed by atoms with E-state index in [2.05, 4.69) is 6.92 Å². The molecule has 0 aliphatic rings. The minimum absolute atomic E-state index is 0.391. The zero-order valence-electron chi connectivity index (χ0n) is 11.7. The predicted molar refractivity (Wildman–Crippen MR) is 81.8 cm³/mol. The van der Waals surface area contributed by atoms with E-state index in [9.17, 15) is 0 Å². The zero-order valence-corrected chi connectivity index (χ0v) is 12.4. The molecule has 4 heteroatoms. The maximum absolute atomic E-state index is 6.01. The van der Waals surface area contributed by atoms with Crippen molar-refractivity contribution in [2.75, 3.05) is 7.11 Å². The van der Waals surface area contributed by atoms with Crippen molar-refractivity contribution in [2.45, 2.75) is 19.9 Å². The van der Waals surface area contributed by atoms with Crippen molar-refractivity contribution in [1.29, 1.82) is 0 Å². The van der Waals surface area contributed by atoms with Crippen LogP contribution in [-0.2, 0) is 13.0 Å². The van der Waals surface area contributed by atoms with Crippen molar-refractivity contribution >= 4 is 11.6 Å². The minimum atomic E-state index is 0.391. The molecule has 0 aliphatic heterocycles. The number of rotatable bonds is 5. The molecule has 0 radical (unpaired) electrons. The van der Waals surface area contributed by atoms with Gasteiger partial charge in [-0.2, -0.15) is 0 Å². The Bertz CT molecular complexity index is 599. The molecule has 2 N–H and O–H groups in total. The second kappa shape index (κ2) is 6.64. The van der Waals surface area contributed by atoms with E-state index in [0.29, 0.717) is 28.8 Å². The Balaban J connectivity index is 2.36. The van der Waals surface area contributed by atoms with Gasteiger partial charge < -0.3 is 15.2 Å². The Morgan fingerprint density at radius 3 is 2.50 bits per heavy atom. The molecule has 0 unspecified atom stereocenters. The molecule has 0 spiro atoms. The largest absolute Gasteiger partial charge is 0.493 e. The SMILES string of the molecule is CCc1ccc(Oc2cc(Cl)ccc2CN)c(OC)c1. The van der Waals surface area contributed by atoms with E-state index in [1.54, 1.807) is 19.2 Å². The van der Waals surface area contributed by atoms with Gasteiger partial charge in [0.1, 0.15) is 5.75 Å². The molecule has 3 nitrogen and oxygen atoms in total. The highest BCUT2D eigenvalue weighted by Crippen LogP contribution is 2.35. The summed E-state index contributed by atoms with van der Waals surface area (Å²) in [5.74, 6) is 2.01. The van der Waals surface area contributed by atoms with Gasteiger partial charge in [-0.15, -0.1) is 0 Å². The average Bonchev–Trinajstić information content (AvgIpc) is 2.48. The molecule has 106 valence electrons. The molecule has 20 heavy (non-hydrogen) atoms. The first-order valence-corrected chi connectivity index (χ1v) is 6.89. The zero-order chi connectivity index (χ0) is 14.5. The van der Waals surface area contributed by atoms with Crippen LogP contribution in [-0.4, -0.2) is 7.11 Å². The number of hydrogen-bond acceptors (Lipinski definition) is 3. The van der Waals surface area contributed by atoms with Crippen molar-refractivity contribution in [3.63, 3.8) is 0 Å². The molecule has 0 bridgehead atoms. The van der Waals surface area contributed by atoms with Gasteiger partial charge in [-0.1, -0.05) is 30.7 Å². The molecule has 0 amide bonds. The van der Waals surface area contributed by atoms with E-state index in [1.165, 1.54) is 5.56 Å². The summed E-state index contributed by atoms with van der Waals surface area (Å²) in [6.07, 6.45) is 0.946. The fourth-order valence-electron chi connectivity index (χ4n) is 1.93.